The lowest BCUT2D eigenvalue weighted by Gasteiger charge is -2.14. The first-order chi connectivity index (χ1) is 32.5. The van der Waals surface area contributed by atoms with Crippen LogP contribution in [-0.2, 0) is 32.7 Å². The zero-order chi connectivity index (χ0) is 49.2. The molecule has 0 saturated heterocycles. The highest BCUT2D eigenvalue weighted by molar-refractivity contribution is 9.10. The SMILES string of the molecule is CCn1cc(C(O)c2cc(C)nn2-c2ccc(F)cc2CO)cn1.CCn1cc(Cc2cc(C)nn2-c2ccc(F)cc2COc2cc(Br)cnc2[N+](=O)[O-])cn1.O=[N+]([O-])c1ncc(Br)cc1F. The normalized spacial score (nSPS) is 11.3. The van der Waals surface area contributed by atoms with Gasteiger partial charge in [-0.25, -0.2) is 18.1 Å². The van der Waals surface area contributed by atoms with Crippen LogP contribution in [-0.4, -0.2) is 69.1 Å². The minimum absolute atomic E-state index is 0.0200. The molecule has 1 atom stereocenters. The third kappa shape index (κ3) is 12.4. The maximum absolute atomic E-state index is 14.1. The summed E-state index contributed by atoms with van der Waals surface area (Å²) in [6, 6.07) is 14.6. The first-order valence-corrected chi connectivity index (χ1v) is 22.0. The molecule has 6 aromatic heterocycles. The highest BCUT2D eigenvalue weighted by Gasteiger charge is 2.22. The molecule has 0 fully saturated rings. The molecule has 68 heavy (non-hydrogen) atoms. The van der Waals surface area contributed by atoms with Gasteiger partial charge in [0.1, 0.15) is 24.3 Å². The molecule has 354 valence electrons. The van der Waals surface area contributed by atoms with Crippen LogP contribution < -0.4 is 4.74 Å². The fraction of sp³-hybridized carbons (Fsp3) is 0.227. The van der Waals surface area contributed by atoms with E-state index in [0.29, 0.717) is 61.4 Å². The van der Waals surface area contributed by atoms with E-state index in [2.05, 4.69) is 62.2 Å². The van der Waals surface area contributed by atoms with Crippen molar-refractivity contribution in [1.82, 2.24) is 49.1 Å². The number of hydrogen-bond acceptors (Lipinski definition) is 13. The van der Waals surface area contributed by atoms with Gasteiger partial charge in [-0.05, 0) is 133 Å². The third-order valence-corrected chi connectivity index (χ3v) is 10.6. The Morgan fingerprint density at radius 3 is 1.91 bits per heavy atom. The number of aromatic nitrogens is 10. The van der Waals surface area contributed by atoms with E-state index >= 15 is 0 Å². The zero-order valence-corrected chi connectivity index (χ0v) is 39.7. The Kier molecular flexibility index (Phi) is 16.7. The number of benzene rings is 2. The molecule has 0 aliphatic carbocycles. The highest BCUT2D eigenvalue weighted by atomic mass is 79.9. The van der Waals surface area contributed by atoms with Gasteiger partial charge in [0, 0.05) is 66.4 Å². The number of aliphatic hydroxyl groups is 2. The van der Waals surface area contributed by atoms with Crippen LogP contribution in [0.2, 0.25) is 0 Å². The quantitative estimate of drug-likeness (QED) is 0.0767. The molecule has 8 aromatic rings. The molecule has 0 aliphatic rings. The Labute approximate surface area is 402 Å². The summed E-state index contributed by atoms with van der Waals surface area (Å²) in [5.41, 5.74) is 6.64. The van der Waals surface area contributed by atoms with E-state index in [1.54, 1.807) is 40.0 Å². The van der Waals surface area contributed by atoms with Crippen molar-refractivity contribution in [2.75, 3.05) is 0 Å². The average molecular weight is 1070 g/mol. The predicted molar refractivity (Wildman–Crippen MR) is 247 cm³/mol. The first kappa shape index (κ1) is 50.3. The molecule has 24 heteroatoms. The van der Waals surface area contributed by atoms with Crippen LogP contribution in [0.5, 0.6) is 5.75 Å². The van der Waals surface area contributed by atoms with Crippen molar-refractivity contribution in [3.8, 4) is 17.1 Å². The summed E-state index contributed by atoms with van der Waals surface area (Å²) < 4.78 is 53.6. The smallest absolute Gasteiger partial charge is 0.406 e. The zero-order valence-electron chi connectivity index (χ0n) is 36.5. The second kappa shape index (κ2) is 22.6. The van der Waals surface area contributed by atoms with E-state index in [1.807, 2.05) is 50.8 Å². The third-order valence-electron chi connectivity index (χ3n) is 9.76. The van der Waals surface area contributed by atoms with Crippen molar-refractivity contribution in [3.63, 3.8) is 0 Å². The molecule has 0 spiro atoms. The van der Waals surface area contributed by atoms with E-state index in [0.717, 1.165) is 29.6 Å². The second-order valence-corrected chi connectivity index (χ2v) is 16.5. The average Bonchev–Trinajstić information content (AvgIpc) is 4.13. The molecule has 0 radical (unpaired) electrons. The molecule has 0 amide bonds. The Bertz CT molecular complexity index is 3070. The molecule has 8 rings (SSSR count). The fourth-order valence-corrected chi connectivity index (χ4v) is 7.27. The Hall–Kier alpha value is -7.15. The molecule has 6 heterocycles. The molecule has 0 saturated carbocycles. The lowest BCUT2D eigenvalue weighted by molar-refractivity contribution is -0.392. The molecule has 19 nitrogen and oxygen atoms in total. The van der Waals surface area contributed by atoms with Gasteiger partial charge in [-0.3, -0.25) is 9.36 Å². The van der Waals surface area contributed by atoms with Gasteiger partial charge in [-0.2, -0.15) is 24.8 Å². The number of pyridine rings is 2. The monoisotopic (exact) mass is 1060 g/mol. The van der Waals surface area contributed by atoms with Crippen molar-refractivity contribution >= 4 is 43.5 Å². The fourth-order valence-electron chi connectivity index (χ4n) is 6.66. The van der Waals surface area contributed by atoms with Crippen LogP contribution in [0.4, 0.5) is 24.8 Å². The van der Waals surface area contributed by atoms with E-state index in [-0.39, 0.29) is 19.0 Å². The van der Waals surface area contributed by atoms with E-state index in [1.165, 1.54) is 47.4 Å². The van der Waals surface area contributed by atoms with Crippen LogP contribution in [0.1, 0.15) is 65.0 Å². The first-order valence-electron chi connectivity index (χ1n) is 20.4. The maximum Gasteiger partial charge on any atom is 0.406 e. The Balaban J connectivity index is 0.000000189. The maximum atomic E-state index is 14.1. The summed E-state index contributed by atoms with van der Waals surface area (Å²) in [5, 5.41) is 59.0. The number of hydrogen-bond donors (Lipinski definition) is 2. The number of halogens is 5. The predicted octanol–water partition coefficient (Wildman–Crippen LogP) is 8.77. The lowest BCUT2D eigenvalue weighted by atomic mass is 10.1. The summed E-state index contributed by atoms with van der Waals surface area (Å²) in [6.45, 7) is 8.71. The Morgan fingerprint density at radius 1 is 0.735 bits per heavy atom. The van der Waals surface area contributed by atoms with Gasteiger partial charge in [0.2, 0.25) is 11.6 Å². The van der Waals surface area contributed by atoms with Gasteiger partial charge in [-0.15, -0.1) is 0 Å². The summed E-state index contributed by atoms with van der Waals surface area (Å²) in [6.07, 6.45) is 9.31. The van der Waals surface area contributed by atoms with E-state index in [4.69, 9.17) is 4.74 Å². The number of ether oxygens (including phenoxy) is 1. The molecule has 2 aromatic carbocycles. The molecule has 2 N–H and O–H groups in total. The van der Waals surface area contributed by atoms with Crippen LogP contribution in [0, 0.1) is 51.5 Å². The molecule has 0 aliphatic heterocycles. The largest absolute Gasteiger partial charge is 0.481 e. The highest BCUT2D eigenvalue weighted by Crippen LogP contribution is 2.30. The summed E-state index contributed by atoms with van der Waals surface area (Å²) in [7, 11) is 0. The van der Waals surface area contributed by atoms with Gasteiger partial charge in [0.15, 0.2) is 12.4 Å². The van der Waals surface area contributed by atoms with Crippen molar-refractivity contribution in [3.05, 3.63) is 189 Å². The second-order valence-electron chi connectivity index (χ2n) is 14.7. The van der Waals surface area contributed by atoms with Crippen LogP contribution in [0.25, 0.3) is 11.4 Å². The number of rotatable bonds is 14. The minimum Gasteiger partial charge on any atom is -0.481 e. The molecular formula is C44H41Br2F3N12O7. The standard InChI is InChI=1S/C22H20BrFN6O3.C17H19FN4O2.C5H2BrFN2O2/c1-3-28-12-15(10-26-28)7-19-6-14(2)27-29(19)20-5-4-18(24)8-16(20)13-33-21-9-17(23)11-25-22(21)30(31)32;1-3-21-9-13(8-19-21)17(24)16-6-11(2)20-22(16)15-5-4-14(18)7-12(15)10-23;6-3-1-4(7)5(8-2-3)9(10)11/h4-6,8-12H,3,7,13H2,1-2H3;4-9,17,23-24H,3,10H2,1-2H3;1-2H. The van der Waals surface area contributed by atoms with Gasteiger partial charge in [0.25, 0.3) is 0 Å². The van der Waals surface area contributed by atoms with Gasteiger partial charge < -0.3 is 35.2 Å². The van der Waals surface area contributed by atoms with E-state index in [9.17, 15) is 43.6 Å². The van der Waals surface area contributed by atoms with Crippen molar-refractivity contribution in [2.45, 2.75) is 66.5 Å². The van der Waals surface area contributed by atoms with Crippen LogP contribution >= 0.6 is 31.9 Å². The number of nitrogens with zero attached hydrogens (tertiary/aromatic N) is 12. The number of nitro groups is 2. The Morgan fingerprint density at radius 2 is 1.31 bits per heavy atom. The number of aryl methyl sites for hydroxylation is 4. The van der Waals surface area contributed by atoms with Crippen molar-refractivity contribution in [1.29, 1.82) is 0 Å². The topological polar surface area (TPSA) is 233 Å². The minimum atomic E-state index is -0.940. The lowest BCUT2D eigenvalue weighted by Crippen LogP contribution is -2.10. The molecule has 1 unspecified atom stereocenters. The summed E-state index contributed by atoms with van der Waals surface area (Å²) in [4.78, 5) is 26.9. The van der Waals surface area contributed by atoms with Crippen molar-refractivity contribution in [2.24, 2.45) is 0 Å². The summed E-state index contributed by atoms with van der Waals surface area (Å²) in [5.74, 6) is -3.02. The van der Waals surface area contributed by atoms with Gasteiger partial charge >= 0.3 is 11.6 Å². The van der Waals surface area contributed by atoms with E-state index < -0.39 is 45.0 Å². The van der Waals surface area contributed by atoms with Gasteiger partial charge in [-0.1, -0.05) is 0 Å². The number of aliphatic hydroxyl groups excluding tert-OH is 2. The van der Waals surface area contributed by atoms with Crippen LogP contribution in [0.15, 0.2) is 107 Å². The summed E-state index contributed by atoms with van der Waals surface area (Å²) >= 11 is 6.16. The van der Waals surface area contributed by atoms with Crippen molar-refractivity contribution < 1.29 is 38.0 Å². The molecular weight excluding hydrogens is 1030 g/mol. The van der Waals surface area contributed by atoms with Crippen LogP contribution in [0.3, 0.4) is 0 Å². The molecule has 0 bridgehead atoms. The van der Waals surface area contributed by atoms with Gasteiger partial charge in [0.05, 0.1) is 56.4 Å².